The van der Waals surface area contributed by atoms with Crippen molar-refractivity contribution in [3.8, 4) is 11.1 Å². The van der Waals surface area contributed by atoms with Gasteiger partial charge < -0.3 is 15.4 Å². The Bertz CT molecular complexity index is 896. The van der Waals surface area contributed by atoms with Gasteiger partial charge in [-0.3, -0.25) is 4.79 Å². The minimum Gasteiger partial charge on any atom is -0.385 e. The summed E-state index contributed by atoms with van der Waals surface area (Å²) in [6.07, 6.45) is 2.78. The van der Waals surface area contributed by atoms with Gasteiger partial charge in [0.1, 0.15) is 17.0 Å². The highest BCUT2D eigenvalue weighted by Crippen LogP contribution is 2.40. The van der Waals surface area contributed by atoms with Crippen molar-refractivity contribution in [3.63, 3.8) is 0 Å². The van der Waals surface area contributed by atoms with Gasteiger partial charge >= 0.3 is 0 Å². The van der Waals surface area contributed by atoms with Crippen LogP contribution >= 0.6 is 11.3 Å². The lowest BCUT2D eigenvalue weighted by Gasteiger charge is -2.09. The number of nitrogens with one attached hydrogen (secondary N) is 2. The molecule has 2 heterocycles. The largest absolute Gasteiger partial charge is 0.385 e. The van der Waals surface area contributed by atoms with Crippen LogP contribution in [0, 0.1) is 6.92 Å². The monoisotopic (exact) mass is 384 g/mol. The van der Waals surface area contributed by atoms with E-state index in [0.717, 1.165) is 33.6 Å². The van der Waals surface area contributed by atoms with Crippen LogP contribution in [0.3, 0.4) is 0 Å². The number of carbonyl (C=O) groups excluding carboxylic acids is 1. The van der Waals surface area contributed by atoms with E-state index in [1.807, 2.05) is 18.2 Å². The molecule has 0 aliphatic carbocycles. The van der Waals surface area contributed by atoms with Gasteiger partial charge in [0.05, 0.1) is 5.39 Å². The second kappa shape index (κ2) is 9.43. The zero-order valence-electron chi connectivity index (χ0n) is 15.6. The topological polar surface area (TPSA) is 76.1 Å². The standard InChI is InChI=1S/C20H24N4O2S/c1-14-17(15-7-4-3-5-8-15)18-19(23-13-24-20(18)27-14)22-11-9-16(25)21-10-6-12-26-2/h3-5,7-8,13H,6,9-12H2,1-2H3,(H,21,25)(H,22,23,24). The fourth-order valence-corrected chi connectivity index (χ4v) is 3.97. The van der Waals surface area contributed by atoms with Crippen molar-refractivity contribution in [2.45, 2.75) is 19.8 Å². The normalized spacial score (nSPS) is 10.9. The lowest BCUT2D eigenvalue weighted by Crippen LogP contribution is -2.27. The summed E-state index contributed by atoms with van der Waals surface area (Å²) in [7, 11) is 1.66. The second-order valence-corrected chi connectivity index (χ2v) is 7.38. The van der Waals surface area contributed by atoms with Crippen molar-refractivity contribution in [2.24, 2.45) is 0 Å². The molecule has 0 fully saturated rings. The molecule has 0 aliphatic heterocycles. The highest BCUT2D eigenvalue weighted by molar-refractivity contribution is 7.19. The van der Waals surface area contributed by atoms with Crippen molar-refractivity contribution in [2.75, 3.05) is 32.1 Å². The third kappa shape index (κ3) is 4.81. The van der Waals surface area contributed by atoms with Gasteiger partial charge in [-0.05, 0) is 18.9 Å². The fraction of sp³-hybridized carbons (Fsp3) is 0.350. The van der Waals surface area contributed by atoms with Gasteiger partial charge in [-0.1, -0.05) is 30.3 Å². The molecule has 0 atom stereocenters. The highest BCUT2D eigenvalue weighted by atomic mass is 32.1. The number of ether oxygens (including phenoxy) is 1. The first kappa shape index (κ1) is 19.3. The van der Waals surface area contributed by atoms with Gasteiger partial charge in [0, 0.05) is 43.7 Å². The first-order valence-electron chi connectivity index (χ1n) is 8.99. The summed E-state index contributed by atoms with van der Waals surface area (Å²) in [6, 6.07) is 10.3. The summed E-state index contributed by atoms with van der Waals surface area (Å²) in [5, 5.41) is 7.23. The summed E-state index contributed by atoms with van der Waals surface area (Å²) < 4.78 is 4.98. The molecular formula is C20H24N4O2S. The van der Waals surface area contributed by atoms with E-state index in [2.05, 4.69) is 39.7 Å². The number of rotatable bonds is 9. The number of aromatic nitrogens is 2. The highest BCUT2D eigenvalue weighted by Gasteiger charge is 2.16. The molecule has 0 saturated carbocycles. The molecular weight excluding hydrogens is 360 g/mol. The van der Waals surface area contributed by atoms with Crippen LogP contribution in [0.15, 0.2) is 36.7 Å². The first-order chi connectivity index (χ1) is 13.2. The fourth-order valence-electron chi connectivity index (χ4n) is 2.96. The maximum atomic E-state index is 11.9. The zero-order chi connectivity index (χ0) is 19.1. The molecule has 1 amide bonds. The maximum absolute atomic E-state index is 11.9. The molecule has 0 radical (unpaired) electrons. The third-order valence-corrected chi connectivity index (χ3v) is 5.23. The predicted octanol–water partition coefficient (Wildman–Crippen LogP) is 3.62. The number of nitrogens with zero attached hydrogens (tertiary/aromatic N) is 2. The van der Waals surface area contributed by atoms with E-state index in [4.69, 9.17) is 4.74 Å². The molecule has 0 saturated heterocycles. The van der Waals surface area contributed by atoms with Crippen LogP contribution in [0.4, 0.5) is 5.82 Å². The Balaban J connectivity index is 1.71. The summed E-state index contributed by atoms with van der Waals surface area (Å²) in [5.74, 6) is 0.795. The average molecular weight is 385 g/mol. The number of benzene rings is 1. The number of hydrogen-bond donors (Lipinski definition) is 2. The minimum atomic E-state index is 0.0219. The van der Waals surface area contributed by atoms with Crippen LogP contribution in [-0.2, 0) is 9.53 Å². The van der Waals surface area contributed by atoms with Crippen LogP contribution in [0.2, 0.25) is 0 Å². The SMILES string of the molecule is COCCCNC(=O)CCNc1ncnc2sc(C)c(-c3ccccc3)c12. The molecule has 142 valence electrons. The van der Waals surface area contributed by atoms with Gasteiger partial charge in [0.2, 0.25) is 5.91 Å². The average Bonchev–Trinajstić information content (AvgIpc) is 3.02. The van der Waals surface area contributed by atoms with Crippen molar-refractivity contribution in [3.05, 3.63) is 41.5 Å². The third-order valence-electron chi connectivity index (χ3n) is 4.22. The Hall–Kier alpha value is -2.51. The molecule has 2 aromatic heterocycles. The van der Waals surface area contributed by atoms with Crippen molar-refractivity contribution in [1.82, 2.24) is 15.3 Å². The van der Waals surface area contributed by atoms with E-state index in [0.29, 0.717) is 26.1 Å². The predicted molar refractivity (Wildman–Crippen MR) is 110 cm³/mol. The maximum Gasteiger partial charge on any atom is 0.221 e. The van der Waals surface area contributed by atoms with E-state index in [1.54, 1.807) is 24.8 Å². The number of methoxy groups -OCH3 is 1. The van der Waals surface area contributed by atoms with Crippen LogP contribution in [0.5, 0.6) is 0 Å². The summed E-state index contributed by atoms with van der Waals surface area (Å²) in [4.78, 5) is 22.9. The molecule has 3 rings (SSSR count). The number of fused-ring (bicyclic) bond motifs is 1. The molecule has 2 N–H and O–H groups in total. The number of anilines is 1. The number of amides is 1. The Labute approximate surface area is 163 Å². The van der Waals surface area contributed by atoms with Gasteiger partial charge in [-0.2, -0.15) is 0 Å². The quantitative estimate of drug-likeness (QED) is 0.551. The number of aryl methyl sites for hydroxylation is 1. The summed E-state index contributed by atoms with van der Waals surface area (Å²) in [5.41, 5.74) is 2.30. The lowest BCUT2D eigenvalue weighted by molar-refractivity contribution is -0.120. The molecule has 3 aromatic rings. The molecule has 0 bridgehead atoms. The summed E-state index contributed by atoms with van der Waals surface area (Å²) in [6.45, 7) is 3.90. The molecule has 0 aliphatic rings. The van der Waals surface area contributed by atoms with Crippen molar-refractivity contribution < 1.29 is 9.53 Å². The zero-order valence-corrected chi connectivity index (χ0v) is 16.4. The molecule has 0 unspecified atom stereocenters. The lowest BCUT2D eigenvalue weighted by atomic mass is 10.0. The number of thiophene rings is 1. The van der Waals surface area contributed by atoms with E-state index in [9.17, 15) is 4.79 Å². The van der Waals surface area contributed by atoms with E-state index in [-0.39, 0.29) is 5.91 Å². The van der Waals surface area contributed by atoms with Gasteiger partial charge in [0.15, 0.2) is 0 Å². The van der Waals surface area contributed by atoms with Crippen LogP contribution in [-0.4, -0.2) is 42.7 Å². The molecule has 7 heteroatoms. The van der Waals surface area contributed by atoms with Crippen molar-refractivity contribution in [1.29, 1.82) is 0 Å². The molecule has 1 aromatic carbocycles. The Morgan fingerprint density at radius 3 is 2.78 bits per heavy atom. The van der Waals surface area contributed by atoms with E-state index in [1.165, 1.54) is 4.88 Å². The van der Waals surface area contributed by atoms with Crippen LogP contribution in [0.1, 0.15) is 17.7 Å². The van der Waals surface area contributed by atoms with Gasteiger partial charge in [0.25, 0.3) is 0 Å². The first-order valence-corrected chi connectivity index (χ1v) is 9.81. The van der Waals surface area contributed by atoms with E-state index >= 15 is 0 Å². The molecule has 0 spiro atoms. The number of carbonyl (C=O) groups is 1. The van der Waals surface area contributed by atoms with E-state index < -0.39 is 0 Å². The smallest absolute Gasteiger partial charge is 0.221 e. The van der Waals surface area contributed by atoms with Crippen molar-refractivity contribution >= 4 is 33.3 Å². The summed E-state index contributed by atoms with van der Waals surface area (Å²) >= 11 is 1.66. The number of hydrogen-bond acceptors (Lipinski definition) is 6. The minimum absolute atomic E-state index is 0.0219. The van der Waals surface area contributed by atoms with Crippen LogP contribution < -0.4 is 10.6 Å². The molecule has 27 heavy (non-hydrogen) atoms. The van der Waals surface area contributed by atoms with Gasteiger partial charge in [-0.25, -0.2) is 9.97 Å². The Morgan fingerprint density at radius 1 is 1.19 bits per heavy atom. The second-order valence-electron chi connectivity index (χ2n) is 6.17. The Kier molecular flexibility index (Phi) is 6.73. The Morgan fingerprint density at radius 2 is 2.00 bits per heavy atom. The van der Waals surface area contributed by atoms with Gasteiger partial charge in [-0.15, -0.1) is 11.3 Å². The molecule has 6 nitrogen and oxygen atoms in total. The van der Waals surface area contributed by atoms with Crippen LogP contribution in [0.25, 0.3) is 21.3 Å².